The van der Waals surface area contributed by atoms with E-state index in [-0.39, 0.29) is 12.1 Å². The first-order chi connectivity index (χ1) is 5.20. The molecule has 64 valence electrons. The lowest BCUT2D eigenvalue weighted by atomic mass is 10.2. The van der Waals surface area contributed by atoms with Crippen molar-refractivity contribution < 1.29 is 5.11 Å². The molecule has 0 amide bonds. The fraction of sp³-hybridized carbons (Fsp3) is 0.750. The molecule has 0 radical (unpaired) electrons. The monoisotopic (exact) mass is 219 g/mol. The van der Waals surface area contributed by atoms with Gasteiger partial charge in [-0.1, -0.05) is 22.5 Å². The Morgan fingerprint density at radius 3 is 2.82 bits per heavy atom. The SMILES string of the molecule is C=C(Br)CNC1CCCC1O. The molecule has 0 heterocycles. The van der Waals surface area contributed by atoms with Crippen LogP contribution in [0, 0.1) is 0 Å². The van der Waals surface area contributed by atoms with E-state index in [1.165, 1.54) is 0 Å². The van der Waals surface area contributed by atoms with Crippen molar-refractivity contribution >= 4 is 15.9 Å². The summed E-state index contributed by atoms with van der Waals surface area (Å²) in [5.74, 6) is 0. The summed E-state index contributed by atoms with van der Waals surface area (Å²) in [6, 6.07) is 0.282. The summed E-state index contributed by atoms with van der Waals surface area (Å²) in [4.78, 5) is 0. The van der Waals surface area contributed by atoms with Gasteiger partial charge < -0.3 is 10.4 Å². The lowest BCUT2D eigenvalue weighted by Crippen LogP contribution is -2.36. The van der Waals surface area contributed by atoms with E-state index in [0.29, 0.717) is 0 Å². The molecule has 1 saturated carbocycles. The quantitative estimate of drug-likeness (QED) is 0.753. The Morgan fingerprint density at radius 2 is 2.36 bits per heavy atom. The van der Waals surface area contributed by atoms with Crippen molar-refractivity contribution in [3.8, 4) is 0 Å². The van der Waals surface area contributed by atoms with Gasteiger partial charge in [0, 0.05) is 17.1 Å². The molecule has 0 aromatic heterocycles. The van der Waals surface area contributed by atoms with Gasteiger partial charge in [-0.3, -0.25) is 0 Å². The molecule has 1 fully saturated rings. The Kier molecular flexibility index (Phi) is 3.55. The van der Waals surface area contributed by atoms with E-state index >= 15 is 0 Å². The van der Waals surface area contributed by atoms with Crippen LogP contribution in [0.3, 0.4) is 0 Å². The Labute approximate surface area is 75.8 Å². The Balaban J connectivity index is 2.20. The van der Waals surface area contributed by atoms with E-state index in [2.05, 4.69) is 27.8 Å². The molecule has 0 aromatic rings. The smallest absolute Gasteiger partial charge is 0.0693 e. The number of aliphatic hydroxyl groups is 1. The van der Waals surface area contributed by atoms with Crippen LogP contribution in [0.1, 0.15) is 19.3 Å². The minimum Gasteiger partial charge on any atom is -0.392 e. The second kappa shape index (κ2) is 4.24. The molecule has 0 spiro atoms. The van der Waals surface area contributed by atoms with Gasteiger partial charge in [-0.2, -0.15) is 0 Å². The van der Waals surface area contributed by atoms with Crippen molar-refractivity contribution in [1.29, 1.82) is 0 Å². The van der Waals surface area contributed by atoms with Gasteiger partial charge in [0.1, 0.15) is 0 Å². The molecule has 11 heavy (non-hydrogen) atoms. The van der Waals surface area contributed by atoms with Gasteiger partial charge >= 0.3 is 0 Å². The van der Waals surface area contributed by atoms with Gasteiger partial charge in [-0.05, 0) is 19.3 Å². The van der Waals surface area contributed by atoms with Gasteiger partial charge in [0.15, 0.2) is 0 Å². The summed E-state index contributed by atoms with van der Waals surface area (Å²) >= 11 is 3.26. The molecule has 1 rings (SSSR count). The van der Waals surface area contributed by atoms with Crippen molar-refractivity contribution in [1.82, 2.24) is 5.32 Å². The van der Waals surface area contributed by atoms with E-state index in [4.69, 9.17) is 0 Å². The highest BCUT2D eigenvalue weighted by Gasteiger charge is 2.23. The molecule has 2 atom stereocenters. The third-order valence-electron chi connectivity index (χ3n) is 2.04. The molecule has 3 heteroatoms. The van der Waals surface area contributed by atoms with Crippen molar-refractivity contribution in [3.63, 3.8) is 0 Å². The summed E-state index contributed by atoms with van der Waals surface area (Å²) in [6.45, 7) is 4.47. The molecule has 2 unspecified atom stereocenters. The molecule has 1 aliphatic carbocycles. The summed E-state index contributed by atoms with van der Waals surface area (Å²) in [6.07, 6.45) is 3.00. The topological polar surface area (TPSA) is 32.3 Å². The van der Waals surface area contributed by atoms with E-state index in [0.717, 1.165) is 30.3 Å². The summed E-state index contributed by atoms with van der Waals surface area (Å²) in [5.41, 5.74) is 0. The highest BCUT2D eigenvalue weighted by atomic mass is 79.9. The average Bonchev–Trinajstić information content (AvgIpc) is 2.31. The minimum absolute atomic E-state index is 0.151. The van der Waals surface area contributed by atoms with Gasteiger partial charge in [0.25, 0.3) is 0 Å². The third kappa shape index (κ3) is 2.93. The maximum absolute atomic E-state index is 9.39. The normalized spacial score (nSPS) is 30.7. The van der Waals surface area contributed by atoms with Crippen LogP contribution >= 0.6 is 15.9 Å². The predicted octanol–water partition coefficient (Wildman–Crippen LogP) is 1.40. The molecule has 1 aliphatic rings. The van der Waals surface area contributed by atoms with E-state index in [1.807, 2.05) is 0 Å². The molecular weight excluding hydrogens is 206 g/mol. The Morgan fingerprint density at radius 1 is 1.64 bits per heavy atom. The zero-order chi connectivity index (χ0) is 8.27. The number of halogens is 1. The number of hydrogen-bond acceptors (Lipinski definition) is 2. The molecule has 0 bridgehead atoms. The van der Waals surface area contributed by atoms with Crippen LogP contribution < -0.4 is 5.32 Å². The van der Waals surface area contributed by atoms with Crippen LogP contribution in [0.25, 0.3) is 0 Å². The van der Waals surface area contributed by atoms with Gasteiger partial charge in [-0.25, -0.2) is 0 Å². The molecule has 0 aliphatic heterocycles. The number of nitrogens with one attached hydrogen (secondary N) is 1. The van der Waals surface area contributed by atoms with Crippen molar-refractivity contribution in [3.05, 3.63) is 11.1 Å². The standard InChI is InChI=1S/C8H14BrNO/c1-6(9)5-10-7-3-2-4-8(7)11/h7-8,10-11H,1-5H2. The number of hydrogen-bond donors (Lipinski definition) is 2. The maximum Gasteiger partial charge on any atom is 0.0693 e. The zero-order valence-electron chi connectivity index (χ0n) is 6.52. The highest BCUT2D eigenvalue weighted by molar-refractivity contribution is 9.11. The molecule has 2 nitrogen and oxygen atoms in total. The minimum atomic E-state index is -0.151. The van der Waals surface area contributed by atoms with Crippen LogP contribution in [-0.2, 0) is 0 Å². The lowest BCUT2D eigenvalue weighted by molar-refractivity contribution is 0.151. The largest absolute Gasteiger partial charge is 0.392 e. The lowest BCUT2D eigenvalue weighted by Gasteiger charge is -2.15. The first kappa shape index (κ1) is 9.23. The zero-order valence-corrected chi connectivity index (χ0v) is 8.10. The van der Waals surface area contributed by atoms with Crippen LogP contribution in [0.4, 0.5) is 0 Å². The van der Waals surface area contributed by atoms with Gasteiger partial charge in [-0.15, -0.1) is 0 Å². The first-order valence-electron chi connectivity index (χ1n) is 3.95. The predicted molar refractivity (Wildman–Crippen MR) is 49.7 cm³/mol. The number of aliphatic hydroxyl groups excluding tert-OH is 1. The fourth-order valence-corrected chi connectivity index (χ4v) is 1.58. The first-order valence-corrected chi connectivity index (χ1v) is 4.74. The Bertz CT molecular complexity index is 149. The molecule has 0 saturated heterocycles. The van der Waals surface area contributed by atoms with E-state index in [1.54, 1.807) is 0 Å². The van der Waals surface area contributed by atoms with Crippen molar-refractivity contribution in [2.75, 3.05) is 6.54 Å². The maximum atomic E-state index is 9.39. The van der Waals surface area contributed by atoms with Gasteiger partial charge in [0.2, 0.25) is 0 Å². The summed E-state index contributed by atoms with van der Waals surface area (Å²) in [5, 5.41) is 12.6. The molecule has 2 N–H and O–H groups in total. The molecular formula is C8H14BrNO. The van der Waals surface area contributed by atoms with Crippen molar-refractivity contribution in [2.45, 2.75) is 31.4 Å². The average molecular weight is 220 g/mol. The molecule has 0 aromatic carbocycles. The summed E-state index contributed by atoms with van der Waals surface area (Å²) in [7, 11) is 0. The van der Waals surface area contributed by atoms with Gasteiger partial charge in [0.05, 0.1) is 6.10 Å². The highest BCUT2D eigenvalue weighted by Crippen LogP contribution is 2.18. The van der Waals surface area contributed by atoms with Crippen LogP contribution in [0.15, 0.2) is 11.1 Å². The second-order valence-corrected chi connectivity index (χ2v) is 4.12. The Hall–Kier alpha value is 0.140. The number of rotatable bonds is 3. The summed E-state index contributed by atoms with van der Waals surface area (Å²) < 4.78 is 0.941. The van der Waals surface area contributed by atoms with E-state index < -0.39 is 0 Å². The van der Waals surface area contributed by atoms with Crippen LogP contribution in [0.2, 0.25) is 0 Å². The van der Waals surface area contributed by atoms with Crippen molar-refractivity contribution in [2.24, 2.45) is 0 Å². The second-order valence-electron chi connectivity index (χ2n) is 3.00. The van der Waals surface area contributed by atoms with E-state index in [9.17, 15) is 5.11 Å². The third-order valence-corrected chi connectivity index (χ3v) is 2.32. The van der Waals surface area contributed by atoms with Crippen LogP contribution in [0.5, 0.6) is 0 Å². The van der Waals surface area contributed by atoms with Crippen LogP contribution in [-0.4, -0.2) is 23.8 Å². The fourth-order valence-electron chi connectivity index (χ4n) is 1.42.